The second-order valence-corrected chi connectivity index (χ2v) is 9.02. The number of hydrogen-bond donors (Lipinski definition) is 1. The Labute approximate surface area is 181 Å². The Hall–Kier alpha value is -2.45. The molecule has 160 valence electrons. The number of thiophene rings is 1. The van der Waals surface area contributed by atoms with E-state index in [4.69, 9.17) is 0 Å². The van der Waals surface area contributed by atoms with E-state index in [0.29, 0.717) is 13.1 Å². The van der Waals surface area contributed by atoms with Crippen molar-refractivity contribution in [3.05, 3.63) is 52.5 Å². The van der Waals surface area contributed by atoms with E-state index in [2.05, 4.69) is 21.3 Å². The van der Waals surface area contributed by atoms with Gasteiger partial charge in [-0.05, 0) is 35.9 Å². The highest BCUT2D eigenvalue weighted by Gasteiger charge is 2.32. The minimum absolute atomic E-state index is 0.0674. The largest absolute Gasteiger partial charge is 0.340 e. The molecule has 2 saturated heterocycles. The highest BCUT2D eigenvalue weighted by atomic mass is 32.1. The van der Waals surface area contributed by atoms with Gasteiger partial charge in [0.2, 0.25) is 5.91 Å². The molecular formula is C22H29N5O2S. The number of carbonyl (C=O) groups is 2. The lowest BCUT2D eigenvalue weighted by Gasteiger charge is -2.39. The first-order chi connectivity index (χ1) is 14.7. The molecule has 2 fully saturated rings. The van der Waals surface area contributed by atoms with Crippen LogP contribution in [0, 0.1) is 5.92 Å². The van der Waals surface area contributed by atoms with Crippen LogP contribution in [0.15, 0.2) is 42.0 Å². The molecule has 2 aromatic heterocycles. The van der Waals surface area contributed by atoms with Crippen LogP contribution in [0.1, 0.15) is 23.3 Å². The summed E-state index contributed by atoms with van der Waals surface area (Å²) in [5.41, 5.74) is 1.20. The average Bonchev–Trinajstić information content (AvgIpc) is 3.32. The summed E-state index contributed by atoms with van der Waals surface area (Å²) < 4.78 is 0. The zero-order chi connectivity index (χ0) is 20.8. The zero-order valence-electron chi connectivity index (χ0n) is 17.2. The molecule has 0 bridgehead atoms. The van der Waals surface area contributed by atoms with Gasteiger partial charge >= 0.3 is 6.03 Å². The average molecular weight is 428 g/mol. The summed E-state index contributed by atoms with van der Waals surface area (Å²) >= 11 is 1.63. The van der Waals surface area contributed by atoms with E-state index < -0.39 is 0 Å². The molecule has 4 rings (SSSR count). The second kappa shape index (κ2) is 10.0. The third-order valence-electron chi connectivity index (χ3n) is 5.86. The number of hydrogen-bond acceptors (Lipinski definition) is 5. The van der Waals surface area contributed by atoms with Gasteiger partial charge in [-0.15, -0.1) is 11.3 Å². The molecular weight excluding hydrogens is 398 g/mol. The van der Waals surface area contributed by atoms with E-state index in [1.54, 1.807) is 22.4 Å². The molecule has 8 heteroatoms. The second-order valence-electron chi connectivity index (χ2n) is 7.99. The minimum atomic E-state index is -0.0869. The number of nitrogens with one attached hydrogen (secondary N) is 1. The molecule has 30 heavy (non-hydrogen) atoms. The van der Waals surface area contributed by atoms with Gasteiger partial charge in [-0.3, -0.25) is 14.7 Å². The van der Waals surface area contributed by atoms with Crippen LogP contribution in [-0.2, 0) is 17.9 Å². The smallest absolute Gasteiger partial charge is 0.317 e. The molecule has 2 aromatic rings. The van der Waals surface area contributed by atoms with Crippen LogP contribution in [0.3, 0.4) is 0 Å². The standard InChI is InChI=1S/C22H29N5O2S/c28-21(26-11-9-25(10-12-26)16-18-4-1-7-23-14-18)19-5-2-8-27(17-19)22(29)24-15-20-6-3-13-30-20/h1,3-4,6-7,13-14,19H,2,5,8-12,15-17H2,(H,24,29). The quantitative estimate of drug-likeness (QED) is 0.796. The zero-order valence-corrected chi connectivity index (χ0v) is 18.0. The van der Waals surface area contributed by atoms with Gasteiger partial charge in [-0.2, -0.15) is 0 Å². The van der Waals surface area contributed by atoms with E-state index in [1.165, 1.54) is 5.56 Å². The van der Waals surface area contributed by atoms with Gasteiger partial charge in [-0.1, -0.05) is 12.1 Å². The van der Waals surface area contributed by atoms with Crippen LogP contribution < -0.4 is 5.32 Å². The first kappa shape index (κ1) is 20.8. The van der Waals surface area contributed by atoms with Crippen LogP contribution >= 0.6 is 11.3 Å². The maximum atomic E-state index is 13.1. The number of rotatable bonds is 5. The van der Waals surface area contributed by atoms with Crippen molar-refractivity contribution in [2.75, 3.05) is 39.3 Å². The highest BCUT2D eigenvalue weighted by Crippen LogP contribution is 2.20. The molecule has 2 aliphatic rings. The number of urea groups is 1. The van der Waals surface area contributed by atoms with E-state index in [9.17, 15) is 9.59 Å². The van der Waals surface area contributed by atoms with Gasteiger partial charge in [0, 0.05) is 63.1 Å². The van der Waals surface area contributed by atoms with Gasteiger partial charge in [-0.25, -0.2) is 4.79 Å². The van der Waals surface area contributed by atoms with Crippen molar-refractivity contribution in [3.63, 3.8) is 0 Å². The minimum Gasteiger partial charge on any atom is -0.340 e. The summed E-state index contributed by atoms with van der Waals surface area (Å²) in [4.78, 5) is 37.1. The number of piperazine rings is 1. The lowest BCUT2D eigenvalue weighted by atomic mass is 9.96. The van der Waals surface area contributed by atoms with Crippen molar-refractivity contribution in [1.82, 2.24) is 25.0 Å². The third-order valence-corrected chi connectivity index (χ3v) is 6.74. The number of aromatic nitrogens is 1. The maximum Gasteiger partial charge on any atom is 0.317 e. The number of carbonyl (C=O) groups excluding carboxylic acids is 2. The number of nitrogens with zero attached hydrogens (tertiary/aromatic N) is 4. The van der Waals surface area contributed by atoms with Crippen molar-refractivity contribution in [2.45, 2.75) is 25.9 Å². The van der Waals surface area contributed by atoms with Crippen molar-refractivity contribution in [1.29, 1.82) is 0 Å². The van der Waals surface area contributed by atoms with Crippen molar-refractivity contribution in [3.8, 4) is 0 Å². The molecule has 0 aromatic carbocycles. The van der Waals surface area contributed by atoms with Gasteiger partial charge < -0.3 is 15.1 Å². The Morgan fingerprint density at radius 2 is 1.97 bits per heavy atom. The van der Waals surface area contributed by atoms with E-state index in [-0.39, 0.29) is 17.9 Å². The third kappa shape index (κ3) is 5.37. The number of pyridine rings is 1. The summed E-state index contributed by atoms with van der Waals surface area (Å²) in [5.74, 6) is 0.114. The van der Waals surface area contributed by atoms with Crippen LogP contribution in [0.5, 0.6) is 0 Å². The first-order valence-electron chi connectivity index (χ1n) is 10.6. The number of piperidine rings is 1. The fourth-order valence-electron chi connectivity index (χ4n) is 4.19. The van der Waals surface area contributed by atoms with Crippen molar-refractivity contribution >= 4 is 23.3 Å². The van der Waals surface area contributed by atoms with Gasteiger partial charge in [0.25, 0.3) is 0 Å². The molecule has 3 amide bonds. The fraction of sp³-hybridized carbons (Fsp3) is 0.500. The monoisotopic (exact) mass is 427 g/mol. The summed E-state index contributed by atoms with van der Waals surface area (Å²) in [6.07, 6.45) is 5.43. The number of likely N-dealkylation sites (tertiary alicyclic amines) is 1. The van der Waals surface area contributed by atoms with Crippen molar-refractivity contribution in [2.24, 2.45) is 5.92 Å². The topological polar surface area (TPSA) is 68.8 Å². The SMILES string of the molecule is O=C(NCc1cccs1)N1CCCC(C(=O)N2CCN(Cc3cccnc3)CC2)C1. The first-order valence-corrected chi connectivity index (χ1v) is 11.5. The molecule has 0 aliphatic carbocycles. The molecule has 0 saturated carbocycles. The van der Waals surface area contributed by atoms with Gasteiger partial charge in [0.1, 0.15) is 0 Å². The maximum absolute atomic E-state index is 13.1. The molecule has 4 heterocycles. The Balaban J connectivity index is 1.23. The highest BCUT2D eigenvalue weighted by molar-refractivity contribution is 7.09. The molecule has 1 N–H and O–H groups in total. The van der Waals surface area contributed by atoms with Gasteiger partial charge in [0.05, 0.1) is 12.5 Å². The summed E-state index contributed by atoms with van der Waals surface area (Å²) in [7, 11) is 0. The van der Waals surface area contributed by atoms with Crippen LogP contribution in [-0.4, -0.2) is 70.9 Å². The van der Waals surface area contributed by atoms with Gasteiger partial charge in [0.15, 0.2) is 0 Å². The normalized spacial score (nSPS) is 20.2. The van der Waals surface area contributed by atoms with E-state index in [0.717, 1.165) is 57.0 Å². The Bertz CT molecular complexity index is 821. The molecule has 2 aliphatic heterocycles. The molecule has 1 atom stereocenters. The predicted molar refractivity (Wildman–Crippen MR) is 117 cm³/mol. The molecule has 0 spiro atoms. The van der Waals surface area contributed by atoms with Crippen LogP contribution in [0.25, 0.3) is 0 Å². The summed E-state index contributed by atoms with van der Waals surface area (Å²) in [5, 5.41) is 4.99. The Morgan fingerprint density at radius 1 is 1.10 bits per heavy atom. The lowest BCUT2D eigenvalue weighted by Crippen LogP contribution is -2.53. The molecule has 1 unspecified atom stereocenters. The number of amides is 3. The van der Waals surface area contributed by atoms with E-state index >= 15 is 0 Å². The fourth-order valence-corrected chi connectivity index (χ4v) is 4.83. The van der Waals surface area contributed by atoms with E-state index in [1.807, 2.05) is 34.7 Å². The Kier molecular flexibility index (Phi) is 6.96. The lowest BCUT2D eigenvalue weighted by molar-refractivity contribution is -0.138. The van der Waals surface area contributed by atoms with Crippen LogP contribution in [0.4, 0.5) is 4.79 Å². The van der Waals surface area contributed by atoms with Crippen LogP contribution in [0.2, 0.25) is 0 Å². The predicted octanol–water partition coefficient (Wildman–Crippen LogP) is 2.41. The summed E-state index contributed by atoms with van der Waals surface area (Å²) in [6, 6.07) is 7.98. The molecule has 0 radical (unpaired) electrons. The Morgan fingerprint density at radius 3 is 2.70 bits per heavy atom. The summed E-state index contributed by atoms with van der Waals surface area (Å²) in [6.45, 7) is 5.91. The molecule has 7 nitrogen and oxygen atoms in total. The van der Waals surface area contributed by atoms with Crippen molar-refractivity contribution < 1.29 is 9.59 Å².